The zero-order valence-electron chi connectivity index (χ0n) is 11.9. The van der Waals surface area contributed by atoms with E-state index in [1.165, 1.54) is 5.56 Å². The SMILES string of the molecule is CC(C)N(Cc1ccc(N)cc1)Cc1ccn(C)n1. The largest absolute Gasteiger partial charge is 0.399 e. The number of aryl methyl sites for hydroxylation is 1. The number of rotatable bonds is 5. The van der Waals surface area contributed by atoms with Crippen molar-refractivity contribution in [3.05, 3.63) is 47.8 Å². The van der Waals surface area contributed by atoms with Crippen LogP contribution >= 0.6 is 0 Å². The molecule has 0 spiro atoms. The molecule has 0 aliphatic carbocycles. The van der Waals surface area contributed by atoms with Gasteiger partial charge in [0.2, 0.25) is 0 Å². The molecule has 0 amide bonds. The minimum absolute atomic E-state index is 0.472. The number of nitrogen functional groups attached to an aromatic ring is 1. The second kappa shape index (κ2) is 5.89. The van der Waals surface area contributed by atoms with E-state index in [4.69, 9.17) is 5.73 Å². The summed E-state index contributed by atoms with van der Waals surface area (Å²) >= 11 is 0. The van der Waals surface area contributed by atoms with Crippen molar-refractivity contribution in [2.75, 3.05) is 5.73 Å². The van der Waals surface area contributed by atoms with E-state index in [-0.39, 0.29) is 0 Å². The summed E-state index contributed by atoms with van der Waals surface area (Å²) in [7, 11) is 1.95. The van der Waals surface area contributed by atoms with Gasteiger partial charge in [-0.2, -0.15) is 5.10 Å². The summed E-state index contributed by atoms with van der Waals surface area (Å²) < 4.78 is 1.84. The fourth-order valence-electron chi connectivity index (χ4n) is 2.03. The van der Waals surface area contributed by atoms with Crippen LogP contribution in [0.3, 0.4) is 0 Å². The predicted octanol–water partition coefficient (Wildman–Crippen LogP) is 2.41. The highest BCUT2D eigenvalue weighted by Crippen LogP contribution is 2.13. The molecule has 0 saturated carbocycles. The maximum Gasteiger partial charge on any atom is 0.0764 e. The number of anilines is 1. The minimum atomic E-state index is 0.472. The standard InChI is InChI=1S/C15H22N4/c1-12(2)19(11-15-8-9-18(3)17-15)10-13-4-6-14(16)7-5-13/h4-9,12H,10-11,16H2,1-3H3. The molecule has 0 radical (unpaired) electrons. The van der Waals surface area contributed by atoms with Crippen LogP contribution in [-0.2, 0) is 20.1 Å². The fourth-order valence-corrected chi connectivity index (χ4v) is 2.03. The Labute approximate surface area is 114 Å². The smallest absolute Gasteiger partial charge is 0.0764 e. The van der Waals surface area contributed by atoms with Crippen LogP contribution in [0.25, 0.3) is 0 Å². The Balaban J connectivity index is 2.06. The Morgan fingerprint density at radius 3 is 2.37 bits per heavy atom. The van der Waals surface area contributed by atoms with Crippen LogP contribution in [0.1, 0.15) is 25.1 Å². The van der Waals surface area contributed by atoms with Gasteiger partial charge in [-0.25, -0.2) is 0 Å². The normalized spacial score (nSPS) is 11.4. The Bertz CT molecular complexity index is 513. The molecule has 0 bridgehead atoms. The fraction of sp³-hybridized carbons (Fsp3) is 0.400. The highest BCUT2D eigenvalue weighted by molar-refractivity contribution is 5.39. The van der Waals surface area contributed by atoms with E-state index in [1.54, 1.807) is 0 Å². The molecule has 1 aromatic carbocycles. The van der Waals surface area contributed by atoms with Gasteiger partial charge in [-0.3, -0.25) is 9.58 Å². The lowest BCUT2D eigenvalue weighted by atomic mass is 10.1. The summed E-state index contributed by atoms with van der Waals surface area (Å²) in [5, 5.41) is 4.44. The van der Waals surface area contributed by atoms with Gasteiger partial charge in [-0.05, 0) is 37.6 Å². The topological polar surface area (TPSA) is 47.1 Å². The first-order valence-corrected chi connectivity index (χ1v) is 6.61. The zero-order chi connectivity index (χ0) is 13.8. The molecule has 0 atom stereocenters. The molecule has 4 heteroatoms. The Morgan fingerprint density at radius 1 is 1.16 bits per heavy atom. The van der Waals surface area contributed by atoms with E-state index < -0.39 is 0 Å². The number of benzene rings is 1. The molecule has 0 fully saturated rings. The van der Waals surface area contributed by atoms with Crippen LogP contribution in [-0.4, -0.2) is 20.7 Å². The van der Waals surface area contributed by atoms with Gasteiger partial charge in [0.05, 0.1) is 5.69 Å². The van der Waals surface area contributed by atoms with Gasteiger partial charge in [0.25, 0.3) is 0 Å². The van der Waals surface area contributed by atoms with Crippen LogP contribution < -0.4 is 5.73 Å². The van der Waals surface area contributed by atoms with Gasteiger partial charge < -0.3 is 5.73 Å². The molecule has 0 aliphatic rings. The molecular weight excluding hydrogens is 236 g/mol. The van der Waals surface area contributed by atoms with Crippen molar-refractivity contribution in [2.45, 2.75) is 33.0 Å². The van der Waals surface area contributed by atoms with Gasteiger partial charge >= 0.3 is 0 Å². The summed E-state index contributed by atoms with van der Waals surface area (Å²) in [5.41, 5.74) is 8.91. The van der Waals surface area contributed by atoms with Crippen molar-refractivity contribution >= 4 is 5.69 Å². The third-order valence-electron chi connectivity index (χ3n) is 3.23. The first-order chi connectivity index (χ1) is 9.04. The lowest BCUT2D eigenvalue weighted by Crippen LogP contribution is -2.30. The van der Waals surface area contributed by atoms with Crippen LogP contribution in [0.15, 0.2) is 36.5 Å². The Morgan fingerprint density at radius 2 is 1.84 bits per heavy atom. The summed E-state index contributed by atoms with van der Waals surface area (Å²) in [4.78, 5) is 2.40. The quantitative estimate of drug-likeness (QED) is 0.838. The molecular formula is C15H22N4. The summed E-state index contributed by atoms with van der Waals surface area (Å²) in [6.45, 7) is 6.19. The summed E-state index contributed by atoms with van der Waals surface area (Å²) in [6.07, 6.45) is 1.98. The number of hydrogen-bond acceptors (Lipinski definition) is 3. The second-order valence-corrected chi connectivity index (χ2v) is 5.22. The minimum Gasteiger partial charge on any atom is -0.399 e. The second-order valence-electron chi connectivity index (χ2n) is 5.22. The third-order valence-corrected chi connectivity index (χ3v) is 3.23. The summed E-state index contributed by atoms with van der Waals surface area (Å²) in [5.74, 6) is 0. The van der Waals surface area contributed by atoms with Crippen LogP contribution in [0.2, 0.25) is 0 Å². The number of nitrogens with two attached hydrogens (primary N) is 1. The molecule has 1 heterocycles. The number of nitrogens with zero attached hydrogens (tertiary/aromatic N) is 3. The van der Waals surface area contributed by atoms with Crippen molar-refractivity contribution in [1.29, 1.82) is 0 Å². The first kappa shape index (κ1) is 13.6. The maximum atomic E-state index is 5.72. The monoisotopic (exact) mass is 258 g/mol. The molecule has 2 N–H and O–H groups in total. The number of aromatic nitrogens is 2. The third kappa shape index (κ3) is 3.83. The molecule has 1 aromatic heterocycles. The first-order valence-electron chi connectivity index (χ1n) is 6.61. The van der Waals surface area contributed by atoms with Crippen LogP contribution in [0.4, 0.5) is 5.69 Å². The Kier molecular flexibility index (Phi) is 4.22. The molecule has 2 rings (SSSR count). The molecule has 4 nitrogen and oxygen atoms in total. The van der Waals surface area contributed by atoms with Gasteiger partial charge in [0, 0.05) is 38.1 Å². The Hall–Kier alpha value is -1.81. The van der Waals surface area contributed by atoms with Crippen LogP contribution in [0, 0.1) is 0 Å². The van der Waals surface area contributed by atoms with E-state index in [1.807, 2.05) is 30.1 Å². The van der Waals surface area contributed by atoms with Crippen molar-refractivity contribution in [3.8, 4) is 0 Å². The van der Waals surface area contributed by atoms with Gasteiger partial charge in [-0.1, -0.05) is 12.1 Å². The van der Waals surface area contributed by atoms with Gasteiger partial charge in [0.15, 0.2) is 0 Å². The number of hydrogen-bond donors (Lipinski definition) is 1. The maximum absolute atomic E-state index is 5.72. The van der Waals surface area contributed by atoms with Crippen molar-refractivity contribution in [3.63, 3.8) is 0 Å². The van der Waals surface area contributed by atoms with Crippen LogP contribution in [0.5, 0.6) is 0 Å². The van der Waals surface area contributed by atoms with E-state index in [0.717, 1.165) is 24.5 Å². The van der Waals surface area contributed by atoms with E-state index in [0.29, 0.717) is 6.04 Å². The zero-order valence-corrected chi connectivity index (χ0v) is 11.9. The molecule has 0 aliphatic heterocycles. The highest BCUT2D eigenvalue weighted by Gasteiger charge is 2.12. The molecule has 102 valence electrons. The summed E-state index contributed by atoms with van der Waals surface area (Å²) in [6, 6.07) is 10.6. The van der Waals surface area contributed by atoms with Gasteiger partial charge in [-0.15, -0.1) is 0 Å². The van der Waals surface area contributed by atoms with Gasteiger partial charge in [0.1, 0.15) is 0 Å². The lowest BCUT2D eigenvalue weighted by Gasteiger charge is -2.25. The van der Waals surface area contributed by atoms with Crippen molar-refractivity contribution in [2.24, 2.45) is 7.05 Å². The molecule has 19 heavy (non-hydrogen) atoms. The average Bonchev–Trinajstić information content (AvgIpc) is 2.76. The van der Waals surface area contributed by atoms with E-state index in [2.05, 4.69) is 42.0 Å². The highest BCUT2D eigenvalue weighted by atomic mass is 15.3. The van der Waals surface area contributed by atoms with E-state index >= 15 is 0 Å². The predicted molar refractivity (Wildman–Crippen MR) is 78.4 cm³/mol. The lowest BCUT2D eigenvalue weighted by molar-refractivity contribution is 0.201. The van der Waals surface area contributed by atoms with E-state index in [9.17, 15) is 0 Å². The molecule has 0 unspecified atom stereocenters. The molecule has 2 aromatic rings. The van der Waals surface area contributed by atoms with Crippen molar-refractivity contribution < 1.29 is 0 Å². The molecule has 0 saturated heterocycles. The average molecular weight is 258 g/mol. The van der Waals surface area contributed by atoms with Crippen molar-refractivity contribution in [1.82, 2.24) is 14.7 Å².